The molecule has 132 valence electrons. The summed E-state index contributed by atoms with van der Waals surface area (Å²) in [6.45, 7) is 1.32. The first-order valence-corrected chi connectivity index (χ1v) is 8.45. The lowest BCUT2D eigenvalue weighted by Gasteiger charge is -2.33. The molecule has 1 atom stereocenters. The average molecular weight is 343 g/mol. The highest BCUT2D eigenvalue weighted by Gasteiger charge is 2.25. The van der Waals surface area contributed by atoms with Crippen LogP contribution in [0.5, 0.6) is 5.75 Å². The van der Waals surface area contributed by atoms with Crippen molar-refractivity contribution in [3.05, 3.63) is 54.0 Å². The molecular formula is C19H22FN3O2. The Morgan fingerprint density at radius 1 is 1.40 bits per heavy atom. The van der Waals surface area contributed by atoms with Gasteiger partial charge in [0, 0.05) is 38.3 Å². The number of carbonyl (C=O) groups is 1. The first-order chi connectivity index (χ1) is 12.2. The van der Waals surface area contributed by atoms with Gasteiger partial charge in [0.1, 0.15) is 17.4 Å². The number of piperidine rings is 1. The number of benzene rings is 1. The number of rotatable bonds is 5. The molecule has 0 aliphatic carbocycles. The second-order valence-corrected chi connectivity index (χ2v) is 6.15. The quantitative estimate of drug-likeness (QED) is 0.907. The fraction of sp³-hybridized carbons (Fsp3) is 0.368. The molecular weight excluding hydrogens is 321 g/mol. The van der Waals surface area contributed by atoms with Gasteiger partial charge in [-0.25, -0.2) is 9.37 Å². The standard InChI is InChI=1S/C19H22FN3O2/c1-21-18-10-14(7-8-22-18)15-4-3-9-23(12-15)19(24)13-25-17-6-2-5-16(20)11-17/h2,5-8,10-11,15H,3-4,9,12-13H2,1H3,(H,21,22)/t15-/m1/s1. The third-order valence-electron chi connectivity index (χ3n) is 4.44. The van der Waals surface area contributed by atoms with Crippen LogP contribution in [0.4, 0.5) is 10.2 Å². The summed E-state index contributed by atoms with van der Waals surface area (Å²) in [5.41, 5.74) is 1.18. The zero-order chi connectivity index (χ0) is 17.6. The molecule has 1 fully saturated rings. The summed E-state index contributed by atoms with van der Waals surface area (Å²) in [6, 6.07) is 9.87. The number of hydrogen-bond acceptors (Lipinski definition) is 4. The van der Waals surface area contributed by atoms with Crippen LogP contribution in [0.15, 0.2) is 42.6 Å². The number of halogens is 1. The van der Waals surface area contributed by atoms with Gasteiger partial charge in [0.2, 0.25) is 0 Å². The van der Waals surface area contributed by atoms with Gasteiger partial charge >= 0.3 is 0 Å². The number of anilines is 1. The lowest BCUT2D eigenvalue weighted by molar-refractivity contribution is -0.134. The minimum Gasteiger partial charge on any atom is -0.484 e. The predicted molar refractivity (Wildman–Crippen MR) is 94.2 cm³/mol. The monoisotopic (exact) mass is 343 g/mol. The molecule has 0 bridgehead atoms. The van der Waals surface area contributed by atoms with Gasteiger partial charge in [-0.2, -0.15) is 0 Å². The summed E-state index contributed by atoms with van der Waals surface area (Å²) >= 11 is 0. The summed E-state index contributed by atoms with van der Waals surface area (Å²) in [5.74, 6) is 1.05. The smallest absolute Gasteiger partial charge is 0.260 e. The molecule has 2 heterocycles. The van der Waals surface area contributed by atoms with E-state index in [4.69, 9.17) is 4.74 Å². The molecule has 1 aliphatic heterocycles. The normalized spacial score (nSPS) is 17.2. The molecule has 0 saturated carbocycles. The van der Waals surface area contributed by atoms with Crippen LogP contribution in [0.25, 0.3) is 0 Å². The Balaban J connectivity index is 1.59. The number of hydrogen-bond donors (Lipinski definition) is 1. The van der Waals surface area contributed by atoms with Gasteiger partial charge in [-0.1, -0.05) is 6.07 Å². The van der Waals surface area contributed by atoms with Crippen LogP contribution in [0.1, 0.15) is 24.3 Å². The van der Waals surface area contributed by atoms with Crippen LogP contribution in [0.3, 0.4) is 0 Å². The maximum absolute atomic E-state index is 13.2. The van der Waals surface area contributed by atoms with Gasteiger partial charge in [0.25, 0.3) is 5.91 Å². The molecule has 1 aromatic heterocycles. The van der Waals surface area contributed by atoms with Crippen molar-refractivity contribution in [3.63, 3.8) is 0 Å². The Hall–Kier alpha value is -2.63. The van der Waals surface area contributed by atoms with Crippen molar-refractivity contribution < 1.29 is 13.9 Å². The summed E-state index contributed by atoms with van der Waals surface area (Å²) in [5, 5.41) is 3.04. The van der Waals surface area contributed by atoms with Crippen molar-refractivity contribution in [1.29, 1.82) is 0 Å². The zero-order valence-electron chi connectivity index (χ0n) is 14.2. The van der Waals surface area contributed by atoms with Crippen LogP contribution in [-0.2, 0) is 4.79 Å². The first-order valence-electron chi connectivity index (χ1n) is 8.45. The van der Waals surface area contributed by atoms with E-state index in [9.17, 15) is 9.18 Å². The molecule has 2 aromatic rings. The molecule has 6 heteroatoms. The van der Waals surface area contributed by atoms with Crippen LogP contribution in [0.2, 0.25) is 0 Å². The fourth-order valence-corrected chi connectivity index (χ4v) is 3.11. The SMILES string of the molecule is CNc1cc([C@@H]2CCCN(C(=O)COc3cccc(F)c3)C2)ccn1. The van der Waals surface area contributed by atoms with E-state index in [0.29, 0.717) is 18.2 Å². The number of pyridine rings is 1. The van der Waals surface area contributed by atoms with E-state index in [-0.39, 0.29) is 18.3 Å². The topological polar surface area (TPSA) is 54.5 Å². The molecule has 3 rings (SSSR count). The fourth-order valence-electron chi connectivity index (χ4n) is 3.11. The van der Waals surface area contributed by atoms with E-state index in [1.807, 2.05) is 24.1 Å². The summed E-state index contributed by atoms with van der Waals surface area (Å²) in [6.07, 6.45) is 3.78. The van der Waals surface area contributed by atoms with Crippen molar-refractivity contribution >= 4 is 11.7 Å². The number of nitrogens with one attached hydrogen (secondary N) is 1. The molecule has 0 spiro atoms. The third kappa shape index (κ3) is 4.47. The summed E-state index contributed by atoms with van der Waals surface area (Å²) < 4.78 is 18.6. The number of amides is 1. The van der Waals surface area contributed by atoms with Gasteiger partial charge < -0.3 is 15.0 Å². The molecule has 1 saturated heterocycles. The maximum Gasteiger partial charge on any atom is 0.260 e. The van der Waals surface area contributed by atoms with E-state index in [1.54, 1.807) is 18.3 Å². The average Bonchev–Trinajstić information content (AvgIpc) is 2.66. The highest BCUT2D eigenvalue weighted by molar-refractivity contribution is 5.78. The molecule has 1 amide bonds. The Labute approximate surface area is 146 Å². The molecule has 5 nitrogen and oxygen atoms in total. The summed E-state index contributed by atoms with van der Waals surface area (Å²) in [7, 11) is 1.84. The summed E-state index contributed by atoms with van der Waals surface area (Å²) in [4.78, 5) is 18.5. The van der Waals surface area contributed by atoms with E-state index in [2.05, 4.69) is 10.3 Å². The van der Waals surface area contributed by atoms with Gasteiger partial charge in [-0.15, -0.1) is 0 Å². The number of ether oxygens (including phenoxy) is 1. The molecule has 1 N–H and O–H groups in total. The van der Waals surface area contributed by atoms with Gasteiger partial charge in [-0.05, 0) is 42.7 Å². The third-order valence-corrected chi connectivity index (χ3v) is 4.44. The van der Waals surface area contributed by atoms with E-state index >= 15 is 0 Å². The molecule has 0 radical (unpaired) electrons. The number of likely N-dealkylation sites (tertiary alicyclic amines) is 1. The van der Waals surface area contributed by atoms with Crippen molar-refractivity contribution in [2.24, 2.45) is 0 Å². The van der Waals surface area contributed by atoms with E-state index in [0.717, 1.165) is 25.2 Å². The Morgan fingerprint density at radius 3 is 3.08 bits per heavy atom. The lowest BCUT2D eigenvalue weighted by Crippen LogP contribution is -2.41. The van der Waals surface area contributed by atoms with Crippen molar-refractivity contribution in [2.45, 2.75) is 18.8 Å². The number of aromatic nitrogens is 1. The molecule has 25 heavy (non-hydrogen) atoms. The maximum atomic E-state index is 13.2. The largest absolute Gasteiger partial charge is 0.484 e. The van der Waals surface area contributed by atoms with E-state index < -0.39 is 0 Å². The van der Waals surface area contributed by atoms with Crippen LogP contribution < -0.4 is 10.1 Å². The van der Waals surface area contributed by atoms with Crippen LogP contribution >= 0.6 is 0 Å². The highest BCUT2D eigenvalue weighted by atomic mass is 19.1. The van der Waals surface area contributed by atoms with Crippen molar-refractivity contribution in [1.82, 2.24) is 9.88 Å². The zero-order valence-corrected chi connectivity index (χ0v) is 14.2. The highest BCUT2D eigenvalue weighted by Crippen LogP contribution is 2.28. The van der Waals surface area contributed by atoms with Gasteiger partial charge in [0.05, 0.1) is 0 Å². The van der Waals surface area contributed by atoms with Crippen molar-refractivity contribution in [2.75, 3.05) is 32.1 Å². The Kier molecular flexibility index (Phi) is 5.48. The van der Waals surface area contributed by atoms with Gasteiger partial charge in [0.15, 0.2) is 6.61 Å². The predicted octanol–water partition coefficient (Wildman–Crippen LogP) is 3.05. The van der Waals surface area contributed by atoms with E-state index in [1.165, 1.54) is 17.7 Å². The lowest BCUT2D eigenvalue weighted by atomic mass is 9.91. The minimum atomic E-state index is -0.374. The molecule has 1 aromatic carbocycles. The first kappa shape index (κ1) is 17.2. The number of nitrogens with zero attached hydrogens (tertiary/aromatic N) is 2. The second-order valence-electron chi connectivity index (χ2n) is 6.15. The second kappa shape index (κ2) is 7.96. The Morgan fingerprint density at radius 2 is 2.28 bits per heavy atom. The van der Waals surface area contributed by atoms with Crippen LogP contribution in [0, 0.1) is 5.82 Å². The minimum absolute atomic E-state index is 0.0724. The van der Waals surface area contributed by atoms with Gasteiger partial charge in [-0.3, -0.25) is 4.79 Å². The Bertz CT molecular complexity index is 738. The molecule has 1 aliphatic rings. The molecule has 0 unspecified atom stereocenters. The van der Waals surface area contributed by atoms with Crippen LogP contribution in [-0.4, -0.2) is 42.5 Å². The van der Waals surface area contributed by atoms with Crippen molar-refractivity contribution in [3.8, 4) is 5.75 Å². The number of carbonyl (C=O) groups excluding carboxylic acids is 1.